The minimum atomic E-state index is -0.0417. The van der Waals surface area contributed by atoms with Gasteiger partial charge >= 0.3 is 0 Å². The molecule has 1 fully saturated rings. The summed E-state index contributed by atoms with van der Waals surface area (Å²) in [4.78, 5) is 0. The van der Waals surface area contributed by atoms with Gasteiger partial charge in [0, 0.05) is 5.25 Å². The van der Waals surface area contributed by atoms with Gasteiger partial charge in [-0.2, -0.15) is 0 Å². The fraction of sp³-hybridized carbons (Fsp3) is 1.00. The SMILES string of the molecule is CC1CC(O)S1. The molecule has 1 N–H and O–H groups in total. The lowest BCUT2D eigenvalue weighted by atomic mass is 10.3. The van der Waals surface area contributed by atoms with E-state index in [1.807, 2.05) is 0 Å². The van der Waals surface area contributed by atoms with Gasteiger partial charge < -0.3 is 5.11 Å². The smallest absolute Gasteiger partial charge is 0.101 e. The van der Waals surface area contributed by atoms with E-state index in [1.54, 1.807) is 11.8 Å². The fourth-order valence-electron chi connectivity index (χ4n) is 0.541. The molecule has 0 aromatic heterocycles. The van der Waals surface area contributed by atoms with E-state index in [4.69, 9.17) is 5.11 Å². The van der Waals surface area contributed by atoms with E-state index in [2.05, 4.69) is 6.92 Å². The first-order valence-corrected chi connectivity index (χ1v) is 3.07. The van der Waals surface area contributed by atoms with Crippen molar-refractivity contribution in [3.05, 3.63) is 0 Å². The second-order valence-corrected chi connectivity index (χ2v) is 3.26. The van der Waals surface area contributed by atoms with Crippen LogP contribution in [0.15, 0.2) is 0 Å². The molecule has 1 heterocycles. The van der Waals surface area contributed by atoms with Gasteiger partial charge in [-0.25, -0.2) is 0 Å². The predicted octanol–water partition coefficient (Wildman–Crippen LogP) is 0.830. The van der Waals surface area contributed by atoms with Crippen LogP contribution in [-0.4, -0.2) is 15.8 Å². The Hall–Kier alpha value is 0.310. The number of hydrogen-bond acceptors (Lipinski definition) is 2. The molecule has 1 nitrogen and oxygen atoms in total. The maximum absolute atomic E-state index is 8.58. The molecule has 0 saturated carbocycles. The fourth-order valence-corrected chi connectivity index (χ4v) is 1.41. The molecule has 0 aliphatic carbocycles. The monoisotopic (exact) mass is 104 g/mol. The van der Waals surface area contributed by atoms with Gasteiger partial charge in [0.1, 0.15) is 5.44 Å². The van der Waals surface area contributed by atoms with Crippen LogP contribution in [0.4, 0.5) is 0 Å². The molecule has 6 heavy (non-hydrogen) atoms. The van der Waals surface area contributed by atoms with Gasteiger partial charge in [0.15, 0.2) is 0 Å². The first-order chi connectivity index (χ1) is 2.79. The zero-order valence-electron chi connectivity index (χ0n) is 3.72. The van der Waals surface area contributed by atoms with Crippen LogP contribution in [0.5, 0.6) is 0 Å². The molecule has 0 aromatic carbocycles. The van der Waals surface area contributed by atoms with Crippen molar-refractivity contribution in [3.63, 3.8) is 0 Å². The topological polar surface area (TPSA) is 20.2 Å². The molecule has 1 aliphatic rings. The Morgan fingerprint density at radius 1 is 1.83 bits per heavy atom. The largest absolute Gasteiger partial charge is 0.382 e. The van der Waals surface area contributed by atoms with Crippen LogP contribution in [0.25, 0.3) is 0 Å². The Balaban J connectivity index is 2.11. The van der Waals surface area contributed by atoms with Crippen molar-refractivity contribution in [2.24, 2.45) is 0 Å². The standard InChI is InChI=1S/C4H8OS/c1-3-2-4(5)6-3/h3-5H,2H2,1H3. The molecule has 36 valence electrons. The lowest BCUT2D eigenvalue weighted by molar-refractivity contribution is 0.235. The Kier molecular flexibility index (Phi) is 1.06. The highest BCUT2D eigenvalue weighted by Crippen LogP contribution is 2.33. The molecule has 2 heteroatoms. The van der Waals surface area contributed by atoms with Crippen molar-refractivity contribution in [2.75, 3.05) is 0 Å². The van der Waals surface area contributed by atoms with Gasteiger partial charge in [-0.05, 0) is 6.42 Å². The minimum absolute atomic E-state index is 0.0417. The molecule has 2 unspecified atom stereocenters. The molecule has 2 atom stereocenters. The van der Waals surface area contributed by atoms with Crippen LogP contribution in [0, 0.1) is 0 Å². The van der Waals surface area contributed by atoms with E-state index in [9.17, 15) is 0 Å². The Bertz CT molecular complexity index is 43.5. The van der Waals surface area contributed by atoms with E-state index in [0.717, 1.165) is 6.42 Å². The molecule has 1 saturated heterocycles. The summed E-state index contributed by atoms with van der Waals surface area (Å²) >= 11 is 1.64. The van der Waals surface area contributed by atoms with Crippen LogP contribution < -0.4 is 0 Å². The molecule has 0 radical (unpaired) electrons. The van der Waals surface area contributed by atoms with Crippen molar-refractivity contribution >= 4 is 11.8 Å². The highest BCUT2D eigenvalue weighted by atomic mass is 32.2. The normalized spacial score (nSPS) is 45.0. The van der Waals surface area contributed by atoms with Gasteiger partial charge in [-0.15, -0.1) is 11.8 Å². The molecule has 0 bridgehead atoms. The van der Waals surface area contributed by atoms with Crippen molar-refractivity contribution in [1.82, 2.24) is 0 Å². The number of hydrogen-bond donors (Lipinski definition) is 1. The van der Waals surface area contributed by atoms with Crippen LogP contribution >= 0.6 is 11.8 Å². The lowest BCUT2D eigenvalue weighted by Crippen LogP contribution is -2.22. The maximum atomic E-state index is 8.58. The van der Waals surface area contributed by atoms with Gasteiger partial charge in [-0.3, -0.25) is 0 Å². The van der Waals surface area contributed by atoms with E-state index in [0.29, 0.717) is 5.25 Å². The Morgan fingerprint density at radius 3 is 2.33 bits per heavy atom. The highest BCUT2D eigenvalue weighted by molar-refractivity contribution is 8.01. The number of aliphatic hydroxyl groups is 1. The molecular weight excluding hydrogens is 96.1 g/mol. The van der Waals surface area contributed by atoms with Gasteiger partial charge in [0.05, 0.1) is 0 Å². The summed E-state index contributed by atoms with van der Waals surface area (Å²) in [6.07, 6.45) is 0.991. The number of rotatable bonds is 0. The third-order valence-electron chi connectivity index (χ3n) is 0.923. The van der Waals surface area contributed by atoms with E-state index in [1.165, 1.54) is 0 Å². The predicted molar refractivity (Wildman–Crippen MR) is 27.7 cm³/mol. The van der Waals surface area contributed by atoms with E-state index < -0.39 is 0 Å². The second-order valence-electron chi connectivity index (χ2n) is 1.64. The third kappa shape index (κ3) is 0.684. The molecule has 1 aliphatic heterocycles. The average molecular weight is 104 g/mol. The van der Waals surface area contributed by atoms with Crippen LogP contribution in [0.2, 0.25) is 0 Å². The second kappa shape index (κ2) is 1.43. The van der Waals surface area contributed by atoms with Gasteiger partial charge in [0.2, 0.25) is 0 Å². The van der Waals surface area contributed by atoms with Crippen molar-refractivity contribution in [1.29, 1.82) is 0 Å². The summed E-state index contributed by atoms with van der Waals surface area (Å²) in [5, 5.41) is 9.29. The van der Waals surface area contributed by atoms with E-state index in [-0.39, 0.29) is 5.44 Å². The summed E-state index contributed by atoms with van der Waals surface area (Å²) in [5.41, 5.74) is -0.0417. The van der Waals surface area contributed by atoms with Crippen molar-refractivity contribution < 1.29 is 5.11 Å². The maximum Gasteiger partial charge on any atom is 0.101 e. The molecule has 1 rings (SSSR count). The highest BCUT2D eigenvalue weighted by Gasteiger charge is 2.22. The van der Waals surface area contributed by atoms with Crippen molar-refractivity contribution in [3.8, 4) is 0 Å². The average Bonchev–Trinajstić information content (AvgIpc) is 1.33. The summed E-state index contributed by atoms with van der Waals surface area (Å²) in [7, 11) is 0. The van der Waals surface area contributed by atoms with Crippen LogP contribution in [-0.2, 0) is 0 Å². The van der Waals surface area contributed by atoms with Gasteiger partial charge in [0.25, 0.3) is 0 Å². The number of aliphatic hydroxyl groups excluding tert-OH is 1. The van der Waals surface area contributed by atoms with Crippen LogP contribution in [0.1, 0.15) is 13.3 Å². The summed E-state index contributed by atoms with van der Waals surface area (Å²) in [6.45, 7) is 2.12. The number of thioether (sulfide) groups is 1. The molecule has 0 spiro atoms. The Labute approximate surface area is 41.7 Å². The quantitative estimate of drug-likeness (QED) is 0.491. The summed E-state index contributed by atoms with van der Waals surface area (Å²) < 4.78 is 0. The summed E-state index contributed by atoms with van der Waals surface area (Å²) in [5.74, 6) is 0. The third-order valence-corrected chi connectivity index (χ3v) is 2.09. The summed E-state index contributed by atoms with van der Waals surface area (Å²) in [6, 6.07) is 0. The molecular formula is C4H8OS. The lowest BCUT2D eigenvalue weighted by Gasteiger charge is -2.26. The minimum Gasteiger partial charge on any atom is -0.382 e. The van der Waals surface area contributed by atoms with Crippen LogP contribution in [0.3, 0.4) is 0 Å². The molecule has 0 aromatic rings. The van der Waals surface area contributed by atoms with E-state index >= 15 is 0 Å². The zero-order chi connectivity index (χ0) is 4.57. The zero-order valence-corrected chi connectivity index (χ0v) is 4.53. The van der Waals surface area contributed by atoms with Crippen molar-refractivity contribution in [2.45, 2.75) is 24.0 Å². The molecule has 0 amide bonds. The van der Waals surface area contributed by atoms with Gasteiger partial charge in [-0.1, -0.05) is 6.92 Å². The first kappa shape index (κ1) is 4.47. The first-order valence-electron chi connectivity index (χ1n) is 2.12. The Morgan fingerprint density at radius 2 is 2.33 bits per heavy atom.